The van der Waals surface area contributed by atoms with E-state index in [2.05, 4.69) is 10.6 Å². The molecule has 1 aliphatic heterocycles. The van der Waals surface area contributed by atoms with Gasteiger partial charge >= 0.3 is 11.9 Å². The van der Waals surface area contributed by atoms with Gasteiger partial charge in [0.05, 0.1) is 41.8 Å². The number of aliphatic hydroxyl groups is 1. The highest BCUT2D eigenvalue weighted by molar-refractivity contribution is 6.00. The molecule has 0 fully saturated rings. The lowest BCUT2D eigenvalue weighted by atomic mass is 9.79. The minimum Gasteiger partial charge on any atom is -0.493 e. The summed E-state index contributed by atoms with van der Waals surface area (Å²) in [6, 6.07) is 13.4. The fourth-order valence-electron chi connectivity index (χ4n) is 4.97. The van der Waals surface area contributed by atoms with Crippen molar-refractivity contribution in [2.45, 2.75) is 65.4 Å². The molecule has 1 heterocycles. The van der Waals surface area contributed by atoms with Crippen molar-refractivity contribution < 1.29 is 38.6 Å². The number of nitro groups is 1. The molecule has 0 amide bonds. The van der Waals surface area contributed by atoms with E-state index >= 15 is 0 Å². The highest BCUT2D eigenvalue weighted by atomic mass is 16.6. The van der Waals surface area contributed by atoms with Crippen LogP contribution in [0.25, 0.3) is 0 Å². The zero-order chi connectivity index (χ0) is 33.5. The van der Waals surface area contributed by atoms with Crippen LogP contribution in [-0.2, 0) is 19.1 Å². The molecule has 0 spiro atoms. The topological polar surface area (TPSA) is 158 Å². The molecule has 46 heavy (non-hydrogen) atoms. The smallest absolute Gasteiger partial charge is 0.336 e. The second-order valence-electron chi connectivity index (χ2n) is 10.9. The molecule has 3 N–H and O–H groups in total. The molecule has 1 aliphatic rings. The van der Waals surface area contributed by atoms with Crippen molar-refractivity contribution in [2.75, 3.05) is 39.5 Å². The molecule has 0 saturated heterocycles. The number of aliphatic hydroxyl groups excluding tert-OH is 1. The molecular formula is C34H45N3O9. The Labute approximate surface area is 269 Å². The van der Waals surface area contributed by atoms with Gasteiger partial charge in [0.25, 0.3) is 5.69 Å². The molecule has 2 aromatic rings. The fraction of sp³-hybridized carbons (Fsp3) is 0.471. The zero-order valence-corrected chi connectivity index (χ0v) is 27.0. The highest BCUT2D eigenvalue weighted by Gasteiger charge is 2.40. The predicted molar refractivity (Wildman–Crippen MR) is 172 cm³/mol. The number of dihydropyridines is 1. The molecule has 250 valence electrons. The first-order valence-corrected chi connectivity index (χ1v) is 15.7. The quantitative estimate of drug-likeness (QED) is 0.0829. The number of hydrogen-bond acceptors (Lipinski definition) is 11. The summed E-state index contributed by atoms with van der Waals surface area (Å²) in [7, 11) is 0. The van der Waals surface area contributed by atoms with E-state index in [1.54, 1.807) is 13.8 Å². The Morgan fingerprint density at radius 1 is 0.935 bits per heavy atom. The van der Waals surface area contributed by atoms with Crippen LogP contribution in [-0.4, -0.2) is 67.6 Å². The average molecular weight is 640 g/mol. The summed E-state index contributed by atoms with van der Waals surface area (Å²) in [6.07, 6.45) is 1.87. The maximum atomic E-state index is 13.4. The summed E-state index contributed by atoms with van der Waals surface area (Å²) in [4.78, 5) is 38.1. The van der Waals surface area contributed by atoms with Crippen LogP contribution in [0.5, 0.6) is 11.5 Å². The number of nitro benzene ring substituents is 1. The van der Waals surface area contributed by atoms with Crippen LogP contribution >= 0.6 is 0 Å². The van der Waals surface area contributed by atoms with Gasteiger partial charge in [0.1, 0.15) is 24.2 Å². The van der Waals surface area contributed by atoms with Crippen LogP contribution in [0.1, 0.15) is 64.9 Å². The van der Waals surface area contributed by atoms with E-state index in [1.165, 1.54) is 18.2 Å². The van der Waals surface area contributed by atoms with Gasteiger partial charge in [-0.25, -0.2) is 9.59 Å². The molecule has 12 heteroatoms. The van der Waals surface area contributed by atoms with E-state index < -0.39 is 28.9 Å². The molecule has 2 aromatic carbocycles. The van der Waals surface area contributed by atoms with Crippen LogP contribution in [0.4, 0.5) is 5.69 Å². The van der Waals surface area contributed by atoms with Crippen molar-refractivity contribution in [1.82, 2.24) is 10.6 Å². The number of rotatable bonds is 19. The Morgan fingerprint density at radius 2 is 1.57 bits per heavy atom. The third-order valence-electron chi connectivity index (χ3n) is 7.16. The molecule has 0 aromatic heterocycles. The number of carbonyl (C=O) groups excluding carboxylic acids is 2. The number of esters is 2. The van der Waals surface area contributed by atoms with Crippen LogP contribution < -0.4 is 20.1 Å². The van der Waals surface area contributed by atoms with E-state index in [1.807, 2.05) is 44.2 Å². The predicted octanol–water partition coefficient (Wildman–Crippen LogP) is 4.92. The summed E-state index contributed by atoms with van der Waals surface area (Å²) >= 11 is 0. The van der Waals surface area contributed by atoms with Gasteiger partial charge in [-0.15, -0.1) is 0 Å². The van der Waals surface area contributed by atoms with Gasteiger partial charge in [0, 0.05) is 35.6 Å². The average Bonchev–Trinajstić information content (AvgIpc) is 3.04. The van der Waals surface area contributed by atoms with E-state index in [0.717, 1.165) is 6.42 Å². The Bertz CT molecular complexity index is 1350. The SMILES string of the molecule is CCCOC(=O)C1=C(C)NC(C)=C(C(=O)OCCC)C1c1cc([N+](=O)[O-])ccc1OCCCCNCC(O)COc1ccccc1. The van der Waals surface area contributed by atoms with Crippen LogP contribution in [0.15, 0.2) is 71.1 Å². The number of hydrogen-bond donors (Lipinski definition) is 3. The van der Waals surface area contributed by atoms with Gasteiger partial charge in [-0.1, -0.05) is 32.0 Å². The Hall–Kier alpha value is -4.42. The maximum Gasteiger partial charge on any atom is 0.336 e. The number of nitrogens with one attached hydrogen (secondary N) is 2. The van der Waals surface area contributed by atoms with Crippen molar-refractivity contribution >= 4 is 17.6 Å². The van der Waals surface area contributed by atoms with E-state index in [0.29, 0.717) is 60.8 Å². The van der Waals surface area contributed by atoms with Gasteiger partial charge < -0.3 is 34.7 Å². The van der Waals surface area contributed by atoms with E-state index in [-0.39, 0.29) is 43.3 Å². The largest absolute Gasteiger partial charge is 0.493 e. The molecule has 0 radical (unpaired) electrons. The molecule has 1 unspecified atom stereocenters. The number of carbonyl (C=O) groups is 2. The first-order valence-electron chi connectivity index (χ1n) is 15.7. The molecular weight excluding hydrogens is 594 g/mol. The summed E-state index contributed by atoms with van der Waals surface area (Å²) in [5.41, 5.74) is 1.34. The standard InChI is InChI=1S/C34H45N3O9/c1-5-17-44-33(39)30-23(3)36-24(4)31(34(40)45-18-6-2)32(30)28-20-25(37(41)42)14-15-29(28)43-19-11-10-16-35-21-26(38)22-46-27-12-8-7-9-13-27/h7-9,12-15,20,26,32,35-36,38H,5-6,10-11,16-19,21-22H2,1-4H3. The summed E-state index contributed by atoms with van der Waals surface area (Å²) in [6.45, 7) is 8.90. The van der Waals surface area contributed by atoms with Crippen molar-refractivity contribution in [3.05, 3.63) is 86.7 Å². The van der Waals surface area contributed by atoms with Gasteiger partial charge in [-0.3, -0.25) is 10.1 Å². The number of unbranched alkanes of at least 4 members (excludes halogenated alkanes) is 1. The molecule has 0 aliphatic carbocycles. The Morgan fingerprint density at radius 3 is 2.15 bits per heavy atom. The van der Waals surface area contributed by atoms with Gasteiger partial charge in [-0.2, -0.15) is 0 Å². The van der Waals surface area contributed by atoms with E-state index in [4.69, 9.17) is 18.9 Å². The first-order chi connectivity index (χ1) is 22.2. The fourth-order valence-corrected chi connectivity index (χ4v) is 4.97. The number of para-hydroxylation sites is 1. The minimum absolute atomic E-state index is 0.159. The van der Waals surface area contributed by atoms with Crippen LogP contribution in [0, 0.1) is 10.1 Å². The summed E-state index contributed by atoms with van der Waals surface area (Å²) in [5.74, 6) is -1.29. The number of ether oxygens (including phenoxy) is 4. The van der Waals surface area contributed by atoms with Crippen LogP contribution in [0.2, 0.25) is 0 Å². The third-order valence-corrected chi connectivity index (χ3v) is 7.16. The maximum absolute atomic E-state index is 13.4. The number of benzene rings is 2. The van der Waals surface area contributed by atoms with Gasteiger partial charge in [0.15, 0.2) is 0 Å². The lowest BCUT2D eigenvalue weighted by molar-refractivity contribution is -0.384. The highest BCUT2D eigenvalue weighted by Crippen LogP contribution is 2.44. The lowest BCUT2D eigenvalue weighted by Gasteiger charge is -2.31. The minimum atomic E-state index is -1.02. The van der Waals surface area contributed by atoms with Crippen molar-refractivity contribution in [2.24, 2.45) is 0 Å². The summed E-state index contributed by atoms with van der Waals surface area (Å²) < 4.78 is 22.7. The number of non-ortho nitro benzene ring substituents is 1. The number of nitrogens with zero attached hydrogens (tertiary/aromatic N) is 1. The third kappa shape index (κ3) is 10.3. The summed E-state index contributed by atoms with van der Waals surface area (Å²) in [5, 5.41) is 28.3. The van der Waals surface area contributed by atoms with Gasteiger partial charge in [0.2, 0.25) is 0 Å². The zero-order valence-electron chi connectivity index (χ0n) is 27.0. The number of allylic oxidation sites excluding steroid dienone is 2. The Balaban J connectivity index is 1.75. The molecule has 0 bridgehead atoms. The monoisotopic (exact) mass is 639 g/mol. The van der Waals surface area contributed by atoms with Crippen molar-refractivity contribution in [3.63, 3.8) is 0 Å². The lowest BCUT2D eigenvalue weighted by Crippen LogP contribution is -2.33. The van der Waals surface area contributed by atoms with E-state index in [9.17, 15) is 24.8 Å². The van der Waals surface area contributed by atoms with Crippen molar-refractivity contribution in [3.8, 4) is 11.5 Å². The molecule has 3 rings (SSSR count). The van der Waals surface area contributed by atoms with Gasteiger partial charge in [-0.05, 0) is 64.3 Å². The molecule has 12 nitrogen and oxygen atoms in total. The Kier molecular flexibility index (Phi) is 14.5. The first kappa shape index (κ1) is 36.1. The van der Waals surface area contributed by atoms with Crippen molar-refractivity contribution in [1.29, 1.82) is 0 Å². The molecule has 1 atom stereocenters. The second kappa shape index (κ2) is 18.5. The molecule has 0 saturated carbocycles. The van der Waals surface area contributed by atoms with Crippen LogP contribution in [0.3, 0.4) is 0 Å². The normalized spacial score (nSPS) is 14.0. The second-order valence-corrected chi connectivity index (χ2v) is 10.9.